The number of carbonyl (C=O) groups is 1. The topological polar surface area (TPSA) is 84.3 Å². The lowest BCUT2D eigenvalue weighted by Crippen LogP contribution is -2.40. The molecule has 0 unspecified atom stereocenters. The van der Waals surface area contributed by atoms with Crippen molar-refractivity contribution in [1.82, 2.24) is 14.9 Å². The molecule has 0 aliphatic carbocycles. The fourth-order valence-electron chi connectivity index (χ4n) is 2.67. The first kappa shape index (κ1) is 21.2. The SMILES string of the molecule is CS(=O)(=O)N(CC(=O)NCc1ccc(-n2ccnc2)cc1)c1cc(Cl)cc(Cl)c1. The minimum absolute atomic E-state index is 0.227. The maximum absolute atomic E-state index is 12.4. The van der Waals surface area contributed by atoms with Gasteiger partial charge in [0.05, 0.1) is 18.3 Å². The third kappa shape index (κ3) is 5.72. The van der Waals surface area contributed by atoms with E-state index < -0.39 is 15.9 Å². The Balaban J connectivity index is 1.66. The molecule has 2 aromatic carbocycles. The van der Waals surface area contributed by atoms with E-state index >= 15 is 0 Å². The molecule has 0 saturated heterocycles. The average molecular weight is 453 g/mol. The van der Waals surface area contributed by atoms with Crippen LogP contribution in [0.1, 0.15) is 5.56 Å². The van der Waals surface area contributed by atoms with E-state index in [4.69, 9.17) is 23.2 Å². The number of aromatic nitrogens is 2. The van der Waals surface area contributed by atoms with Crippen molar-refractivity contribution < 1.29 is 13.2 Å². The summed E-state index contributed by atoms with van der Waals surface area (Å²) in [6.07, 6.45) is 6.23. The second kappa shape index (κ2) is 8.86. The summed E-state index contributed by atoms with van der Waals surface area (Å²) >= 11 is 11.9. The molecular formula is C19H18Cl2N4O3S. The number of hydrogen-bond donors (Lipinski definition) is 1. The Morgan fingerprint density at radius 3 is 2.34 bits per heavy atom. The highest BCUT2D eigenvalue weighted by Gasteiger charge is 2.21. The van der Waals surface area contributed by atoms with Crippen molar-refractivity contribution in [2.24, 2.45) is 0 Å². The number of nitrogens with one attached hydrogen (secondary N) is 1. The number of carbonyl (C=O) groups excluding carboxylic acids is 1. The number of anilines is 1. The van der Waals surface area contributed by atoms with E-state index in [9.17, 15) is 13.2 Å². The van der Waals surface area contributed by atoms with Crippen molar-refractivity contribution in [1.29, 1.82) is 0 Å². The number of rotatable bonds is 7. The number of nitrogens with zero attached hydrogens (tertiary/aromatic N) is 3. The van der Waals surface area contributed by atoms with Gasteiger partial charge >= 0.3 is 0 Å². The lowest BCUT2D eigenvalue weighted by molar-refractivity contribution is -0.119. The van der Waals surface area contributed by atoms with Gasteiger partial charge in [0.2, 0.25) is 15.9 Å². The van der Waals surface area contributed by atoms with Gasteiger partial charge in [-0.25, -0.2) is 13.4 Å². The van der Waals surface area contributed by atoms with Crippen LogP contribution in [0.25, 0.3) is 5.69 Å². The first-order valence-electron chi connectivity index (χ1n) is 8.50. The summed E-state index contributed by atoms with van der Waals surface area (Å²) in [7, 11) is -3.71. The van der Waals surface area contributed by atoms with Gasteiger partial charge in [0.25, 0.3) is 0 Å². The zero-order valence-corrected chi connectivity index (χ0v) is 17.7. The van der Waals surface area contributed by atoms with Crippen molar-refractivity contribution in [3.8, 4) is 5.69 Å². The highest BCUT2D eigenvalue weighted by atomic mass is 35.5. The van der Waals surface area contributed by atoms with E-state index in [1.54, 1.807) is 12.5 Å². The van der Waals surface area contributed by atoms with Crippen molar-refractivity contribution in [2.45, 2.75) is 6.54 Å². The lowest BCUT2D eigenvalue weighted by Gasteiger charge is -2.22. The summed E-state index contributed by atoms with van der Waals surface area (Å²) in [5.74, 6) is -0.454. The van der Waals surface area contributed by atoms with Gasteiger partial charge in [-0.2, -0.15) is 0 Å². The van der Waals surface area contributed by atoms with Crippen molar-refractivity contribution in [2.75, 3.05) is 17.1 Å². The molecule has 0 aliphatic heterocycles. The second-order valence-corrected chi connectivity index (χ2v) is 9.09. The van der Waals surface area contributed by atoms with Gasteiger partial charge in [-0.1, -0.05) is 35.3 Å². The number of hydrogen-bond acceptors (Lipinski definition) is 4. The van der Waals surface area contributed by atoms with Gasteiger partial charge in [-0.15, -0.1) is 0 Å². The maximum atomic E-state index is 12.4. The molecule has 3 rings (SSSR count). The zero-order chi connectivity index (χ0) is 21.0. The summed E-state index contributed by atoms with van der Waals surface area (Å²) in [5, 5.41) is 3.28. The molecule has 152 valence electrons. The fourth-order valence-corrected chi connectivity index (χ4v) is 4.02. The Hall–Kier alpha value is -2.55. The van der Waals surface area contributed by atoms with E-state index in [1.165, 1.54) is 18.2 Å². The molecule has 10 heteroatoms. The minimum Gasteiger partial charge on any atom is -0.350 e. The van der Waals surface area contributed by atoms with E-state index in [0.717, 1.165) is 21.8 Å². The summed E-state index contributed by atoms with van der Waals surface area (Å²) < 4.78 is 27.2. The van der Waals surface area contributed by atoms with E-state index in [2.05, 4.69) is 10.3 Å². The summed E-state index contributed by atoms with van der Waals surface area (Å²) in [6.45, 7) is -0.125. The number of amides is 1. The largest absolute Gasteiger partial charge is 0.350 e. The lowest BCUT2D eigenvalue weighted by atomic mass is 10.2. The van der Waals surface area contributed by atoms with Crippen LogP contribution < -0.4 is 9.62 Å². The number of benzene rings is 2. The molecule has 0 saturated carbocycles. The highest BCUT2D eigenvalue weighted by Crippen LogP contribution is 2.26. The molecule has 1 aromatic heterocycles. The number of halogens is 2. The molecular weight excluding hydrogens is 435 g/mol. The van der Waals surface area contributed by atoms with Crippen molar-refractivity contribution in [3.05, 3.63) is 76.8 Å². The number of imidazole rings is 1. The Morgan fingerprint density at radius 1 is 1.14 bits per heavy atom. The van der Waals surface area contributed by atoms with Gasteiger partial charge < -0.3 is 9.88 Å². The molecule has 1 amide bonds. The predicted octanol–water partition coefficient (Wildman–Crippen LogP) is 3.26. The maximum Gasteiger partial charge on any atom is 0.241 e. The van der Waals surface area contributed by atoms with Gasteiger partial charge in [-0.05, 0) is 35.9 Å². The first-order valence-corrected chi connectivity index (χ1v) is 11.1. The van der Waals surface area contributed by atoms with Crippen LogP contribution in [-0.4, -0.2) is 36.7 Å². The zero-order valence-electron chi connectivity index (χ0n) is 15.4. The van der Waals surface area contributed by atoms with Crippen LogP contribution in [-0.2, 0) is 21.4 Å². The van der Waals surface area contributed by atoms with Gasteiger partial charge in [-0.3, -0.25) is 9.10 Å². The van der Waals surface area contributed by atoms with Crippen molar-refractivity contribution >= 4 is 44.8 Å². The van der Waals surface area contributed by atoms with E-state index in [0.29, 0.717) is 0 Å². The Kier molecular flexibility index (Phi) is 6.46. The Labute approximate surface area is 178 Å². The molecule has 0 aliphatic rings. The molecule has 7 nitrogen and oxygen atoms in total. The fraction of sp³-hybridized carbons (Fsp3) is 0.158. The molecule has 29 heavy (non-hydrogen) atoms. The predicted molar refractivity (Wildman–Crippen MR) is 114 cm³/mol. The van der Waals surface area contributed by atoms with Crippen LogP contribution in [0.2, 0.25) is 10.0 Å². The van der Waals surface area contributed by atoms with Crippen LogP contribution in [0.15, 0.2) is 61.2 Å². The molecule has 3 aromatic rings. The molecule has 0 radical (unpaired) electrons. The standard InChI is InChI=1S/C19H18Cl2N4O3S/c1-29(27,28)25(18-9-15(20)8-16(21)10-18)12-19(26)23-11-14-2-4-17(5-3-14)24-7-6-22-13-24/h2-10,13H,11-12H2,1H3,(H,23,26). The van der Waals surface area contributed by atoms with Crippen LogP contribution in [0, 0.1) is 0 Å². The molecule has 1 N–H and O–H groups in total. The summed E-state index contributed by atoms with van der Waals surface area (Å²) in [6, 6.07) is 11.9. The van der Waals surface area contributed by atoms with Gasteiger partial charge in [0.15, 0.2) is 0 Å². The van der Waals surface area contributed by atoms with Crippen LogP contribution in [0.3, 0.4) is 0 Å². The molecule has 0 fully saturated rings. The molecule has 0 bridgehead atoms. The summed E-state index contributed by atoms with van der Waals surface area (Å²) in [5.41, 5.74) is 2.04. The van der Waals surface area contributed by atoms with Gasteiger partial charge in [0.1, 0.15) is 6.54 Å². The normalized spacial score (nSPS) is 11.3. The van der Waals surface area contributed by atoms with Crippen LogP contribution in [0.5, 0.6) is 0 Å². The number of sulfonamides is 1. The third-order valence-corrected chi connectivity index (χ3v) is 5.63. The van der Waals surface area contributed by atoms with Gasteiger partial charge in [0, 0.05) is 34.7 Å². The molecule has 0 spiro atoms. The third-order valence-electron chi connectivity index (χ3n) is 4.05. The molecule has 0 atom stereocenters. The van der Waals surface area contributed by atoms with Crippen molar-refractivity contribution in [3.63, 3.8) is 0 Å². The van der Waals surface area contributed by atoms with E-state index in [1.807, 2.05) is 35.0 Å². The first-order chi connectivity index (χ1) is 13.7. The second-order valence-electron chi connectivity index (χ2n) is 6.31. The molecule has 1 heterocycles. The highest BCUT2D eigenvalue weighted by molar-refractivity contribution is 7.92. The Morgan fingerprint density at radius 2 is 1.79 bits per heavy atom. The minimum atomic E-state index is -3.71. The van der Waals surface area contributed by atoms with E-state index in [-0.39, 0.29) is 28.8 Å². The Bertz CT molecular complexity index is 1080. The monoisotopic (exact) mass is 452 g/mol. The quantitative estimate of drug-likeness (QED) is 0.595. The average Bonchev–Trinajstić information content (AvgIpc) is 3.18. The summed E-state index contributed by atoms with van der Waals surface area (Å²) in [4.78, 5) is 16.4. The smallest absolute Gasteiger partial charge is 0.241 e. The van der Waals surface area contributed by atoms with Crippen LogP contribution >= 0.6 is 23.2 Å². The van der Waals surface area contributed by atoms with Crippen LogP contribution in [0.4, 0.5) is 5.69 Å².